The van der Waals surface area contributed by atoms with Crippen molar-refractivity contribution >= 4 is 18.4 Å². The van der Waals surface area contributed by atoms with E-state index in [2.05, 4.69) is 0 Å². The molecule has 0 aliphatic heterocycles. The Balaban J connectivity index is 0. The first-order valence-corrected chi connectivity index (χ1v) is 2.91. The van der Waals surface area contributed by atoms with Crippen LogP contribution in [-0.2, 0) is 4.79 Å². The van der Waals surface area contributed by atoms with E-state index in [9.17, 15) is 4.79 Å². The molecule has 1 unspecified atom stereocenters. The van der Waals surface area contributed by atoms with Gasteiger partial charge in [-0.25, -0.2) is 0 Å². The lowest BCUT2D eigenvalue weighted by Gasteiger charge is -2.00. The number of aliphatic carboxylic acids is 1. The van der Waals surface area contributed by atoms with Gasteiger partial charge in [-0.15, -0.1) is 12.4 Å². The summed E-state index contributed by atoms with van der Waals surface area (Å²) in [6, 6.07) is 0. The van der Waals surface area contributed by atoms with Crippen LogP contribution < -0.4 is 0 Å². The van der Waals surface area contributed by atoms with Gasteiger partial charge in [-0.3, -0.25) is 4.79 Å². The largest absolute Gasteiger partial charge is 0.481 e. The third-order valence-electron chi connectivity index (χ3n) is 1.14. The van der Waals surface area contributed by atoms with Crippen LogP contribution >= 0.6 is 12.4 Å². The van der Waals surface area contributed by atoms with Crippen molar-refractivity contribution in [3.05, 3.63) is 0 Å². The average molecular weight is 153 g/mol. The maximum absolute atomic E-state index is 10.1. The molecule has 0 amide bonds. The highest BCUT2D eigenvalue weighted by molar-refractivity contribution is 5.85. The number of carboxylic acid groups (broad SMARTS) is 1. The summed E-state index contributed by atoms with van der Waals surface area (Å²) in [5.74, 6) is -0.855. The van der Waals surface area contributed by atoms with Crippen LogP contribution in [0.15, 0.2) is 0 Å². The highest BCUT2D eigenvalue weighted by atomic mass is 35.5. The van der Waals surface area contributed by atoms with Crippen LogP contribution in [0.4, 0.5) is 0 Å². The molecule has 0 fully saturated rings. The molecule has 0 heterocycles. The number of carbonyl (C=O) groups is 1. The lowest BCUT2D eigenvalue weighted by Crippen LogP contribution is -2.08. The van der Waals surface area contributed by atoms with E-state index in [-0.39, 0.29) is 18.3 Å². The van der Waals surface area contributed by atoms with Gasteiger partial charge in [0.1, 0.15) is 0 Å². The van der Waals surface area contributed by atoms with Crippen LogP contribution in [0.25, 0.3) is 0 Å². The van der Waals surface area contributed by atoms with Crippen molar-refractivity contribution < 1.29 is 9.90 Å². The van der Waals surface area contributed by atoms with Crippen LogP contribution in [0.1, 0.15) is 26.7 Å². The van der Waals surface area contributed by atoms with Crippen molar-refractivity contribution in [2.24, 2.45) is 5.92 Å². The SMILES string of the molecule is CCCC(C)C(=O)O.Cl. The van der Waals surface area contributed by atoms with Gasteiger partial charge < -0.3 is 5.11 Å². The second-order valence-electron chi connectivity index (χ2n) is 2.03. The van der Waals surface area contributed by atoms with E-state index in [1.54, 1.807) is 6.92 Å². The van der Waals surface area contributed by atoms with Crippen LogP contribution in [0.2, 0.25) is 0 Å². The van der Waals surface area contributed by atoms with E-state index < -0.39 is 5.97 Å². The van der Waals surface area contributed by atoms with Crippen LogP contribution in [-0.4, -0.2) is 11.1 Å². The first-order valence-electron chi connectivity index (χ1n) is 2.91. The second kappa shape index (κ2) is 5.89. The lowest BCUT2D eigenvalue weighted by molar-refractivity contribution is -0.141. The highest BCUT2D eigenvalue weighted by Gasteiger charge is 2.07. The summed E-state index contributed by atoms with van der Waals surface area (Å²) >= 11 is 0. The van der Waals surface area contributed by atoms with Crippen LogP contribution in [0.3, 0.4) is 0 Å². The Bertz CT molecular complexity index is 83.1. The molecule has 3 heteroatoms. The van der Waals surface area contributed by atoms with Crippen molar-refractivity contribution in [2.45, 2.75) is 26.7 Å². The number of halogens is 1. The summed E-state index contributed by atoms with van der Waals surface area (Å²) in [7, 11) is 0. The predicted octanol–water partition coefficient (Wildman–Crippen LogP) is 1.93. The zero-order chi connectivity index (χ0) is 6.57. The monoisotopic (exact) mass is 152 g/mol. The lowest BCUT2D eigenvalue weighted by atomic mass is 10.1. The van der Waals surface area contributed by atoms with Gasteiger partial charge in [-0.05, 0) is 6.42 Å². The Labute approximate surface area is 61.7 Å². The molecule has 0 aliphatic rings. The molecule has 1 N–H and O–H groups in total. The minimum absolute atomic E-state index is 0. The van der Waals surface area contributed by atoms with Crippen molar-refractivity contribution in [3.8, 4) is 0 Å². The molecule has 0 saturated carbocycles. The Morgan fingerprint density at radius 3 is 2.22 bits per heavy atom. The van der Waals surface area contributed by atoms with Crippen LogP contribution in [0, 0.1) is 5.92 Å². The normalized spacial score (nSPS) is 11.8. The molecule has 1 atom stereocenters. The fourth-order valence-corrected chi connectivity index (χ4v) is 0.556. The third kappa shape index (κ3) is 5.63. The Hall–Kier alpha value is -0.240. The van der Waals surface area contributed by atoms with Crippen molar-refractivity contribution in [3.63, 3.8) is 0 Å². The maximum atomic E-state index is 10.1. The molecule has 0 aromatic heterocycles. The molecule has 0 rings (SSSR count). The van der Waals surface area contributed by atoms with Gasteiger partial charge in [0.25, 0.3) is 0 Å². The van der Waals surface area contributed by atoms with E-state index in [1.165, 1.54) is 0 Å². The molecular formula is C6H13ClO2. The molecule has 0 radical (unpaired) electrons. The van der Waals surface area contributed by atoms with Crippen molar-refractivity contribution in [1.82, 2.24) is 0 Å². The number of hydrogen-bond donors (Lipinski definition) is 1. The van der Waals surface area contributed by atoms with E-state index in [0.717, 1.165) is 12.8 Å². The second-order valence-corrected chi connectivity index (χ2v) is 2.03. The average Bonchev–Trinajstić information content (AvgIpc) is 1.67. The molecule has 56 valence electrons. The van der Waals surface area contributed by atoms with Crippen LogP contribution in [0.5, 0.6) is 0 Å². The van der Waals surface area contributed by atoms with E-state index >= 15 is 0 Å². The Kier molecular flexibility index (Phi) is 7.55. The summed E-state index contributed by atoms with van der Waals surface area (Å²) in [6.45, 7) is 3.71. The topological polar surface area (TPSA) is 37.3 Å². The molecular weight excluding hydrogens is 140 g/mol. The standard InChI is InChI=1S/C6H12O2.ClH/c1-3-4-5(2)6(7)8;/h5H,3-4H2,1-2H3,(H,7,8);1H. The summed E-state index contributed by atoms with van der Waals surface area (Å²) in [6.07, 6.45) is 1.74. The molecule has 0 bridgehead atoms. The van der Waals surface area contributed by atoms with Gasteiger partial charge in [-0.2, -0.15) is 0 Å². The van der Waals surface area contributed by atoms with E-state index in [1.807, 2.05) is 6.92 Å². The highest BCUT2D eigenvalue weighted by Crippen LogP contribution is 2.03. The zero-order valence-electron chi connectivity index (χ0n) is 5.76. The van der Waals surface area contributed by atoms with Crippen molar-refractivity contribution in [1.29, 1.82) is 0 Å². The van der Waals surface area contributed by atoms with E-state index in [0.29, 0.717) is 0 Å². The summed E-state index contributed by atoms with van der Waals surface area (Å²) in [4.78, 5) is 10.1. The maximum Gasteiger partial charge on any atom is 0.306 e. The molecule has 9 heavy (non-hydrogen) atoms. The quantitative estimate of drug-likeness (QED) is 0.671. The molecule has 0 aromatic carbocycles. The zero-order valence-corrected chi connectivity index (χ0v) is 6.57. The van der Waals surface area contributed by atoms with E-state index in [4.69, 9.17) is 5.11 Å². The smallest absolute Gasteiger partial charge is 0.306 e. The number of hydrogen-bond acceptors (Lipinski definition) is 1. The fraction of sp³-hybridized carbons (Fsp3) is 0.833. The summed E-state index contributed by atoms with van der Waals surface area (Å²) in [5, 5.41) is 8.31. The number of carboxylic acids is 1. The molecule has 2 nitrogen and oxygen atoms in total. The molecule has 0 aliphatic carbocycles. The Morgan fingerprint density at radius 1 is 1.67 bits per heavy atom. The predicted molar refractivity (Wildman–Crippen MR) is 39.0 cm³/mol. The van der Waals surface area contributed by atoms with Gasteiger partial charge in [-0.1, -0.05) is 20.3 Å². The minimum atomic E-state index is -0.688. The van der Waals surface area contributed by atoms with Crippen molar-refractivity contribution in [2.75, 3.05) is 0 Å². The van der Waals surface area contributed by atoms with Gasteiger partial charge in [0.15, 0.2) is 0 Å². The molecule has 0 aromatic rings. The molecule has 0 saturated heterocycles. The number of rotatable bonds is 3. The van der Waals surface area contributed by atoms with Gasteiger partial charge in [0.05, 0.1) is 5.92 Å². The first kappa shape index (κ1) is 11.5. The summed E-state index contributed by atoms with van der Waals surface area (Å²) in [5.41, 5.74) is 0. The minimum Gasteiger partial charge on any atom is -0.481 e. The molecule has 0 spiro atoms. The fourth-order valence-electron chi connectivity index (χ4n) is 0.556. The van der Waals surface area contributed by atoms with Gasteiger partial charge >= 0.3 is 5.97 Å². The van der Waals surface area contributed by atoms with Gasteiger partial charge in [0.2, 0.25) is 0 Å². The van der Waals surface area contributed by atoms with Gasteiger partial charge in [0, 0.05) is 0 Å². The summed E-state index contributed by atoms with van der Waals surface area (Å²) < 4.78 is 0. The Morgan fingerprint density at radius 2 is 2.11 bits per heavy atom. The first-order chi connectivity index (χ1) is 3.68. The third-order valence-corrected chi connectivity index (χ3v) is 1.14.